The van der Waals surface area contributed by atoms with Gasteiger partial charge in [-0.05, 0) is 39.3 Å². The maximum Gasteiger partial charge on any atom is 0.410 e. The highest BCUT2D eigenvalue weighted by Gasteiger charge is 2.34. The molecule has 0 bridgehead atoms. The fourth-order valence-corrected chi connectivity index (χ4v) is 3.64. The number of carbonyl (C=O) groups excluding carboxylic acids is 1. The Morgan fingerprint density at radius 1 is 1.55 bits per heavy atom. The third kappa shape index (κ3) is 3.83. The van der Waals surface area contributed by atoms with Crippen LogP contribution in [0.4, 0.5) is 4.79 Å². The number of likely N-dealkylation sites (tertiary alicyclic amines) is 1. The Kier molecular flexibility index (Phi) is 4.81. The molecule has 2 rings (SSSR count). The van der Waals surface area contributed by atoms with Crippen molar-refractivity contribution >= 4 is 16.9 Å². The normalized spacial score (nSPS) is 19.5. The fourth-order valence-electron chi connectivity index (χ4n) is 2.19. The van der Waals surface area contributed by atoms with Crippen LogP contribution in [0.3, 0.4) is 0 Å². The quantitative estimate of drug-likeness (QED) is 0.832. The first-order valence-electron chi connectivity index (χ1n) is 7.05. The smallest absolute Gasteiger partial charge is 0.410 e. The molecule has 1 aromatic rings. The summed E-state index contributed by atoms with van der Waals surface area (Å²) in [5, 5.41) is 9.13. The van der Waals surface area contributed by atoms with Crippen LogP contribution in [0, 0.1) is 11.3 Å². The van der Waals surface area contributed by atoms with E-state index in [0.29, 0.717) is 30.1 Å². The lowest BCUT2D eigenvalue weighted by molar-refractivity contribution is 0.0295. The molecule has 0 saturated carbocycles. The molecule has 0 aliphatic carbocycles. The van der Waals surface area contributed by atoms with Crippen molar-refractivity contribution in [2.45, 2.75) is 43.1 Å². The molecule has 1 aliphatic heterocycles. The number of carbonyl (C=O) groups is 1. The van der Waals surface area contributed by atoms with Crippen LogP contribution in [0.2, 0.25) is 0 Å². The maximum absolute atomic E-state index is 12.6. The average molecular weight is 321 g/mol. The molecule has 1 aromatic heterocycles. The SMILES string of the molecule is CC(C)(C)OC(=O)N1CC[C@H](S(=O)c2ncccc2C#N)C1. The van der Waals surface area contributed by atoms with Crippen LogP contribution in [0.25, 0.3) is 0 Å². The second-order valence-electron chi connectivity index (χ2n) is 6.10. The second kappa shape index (κ2) is 6.44. The Morgan fingerprint density at radius 2 is 2.27 bits per heavy atom. The maximum atomic E-state index is 12.6. The van der Waals surface area contributed by atoms with Crippen molar-refractivity contribution in [2.24, 2.45) is 0 Å². The number of nitriles is 1. The average Bonchev–Trinajstić information content (AvgIpc) is 2.94. The Balaban J connectivity index is 2.06. The molecule has 0 spiro atoms. The molecule has 1 unspecified atom stereocenters. The van der Waals surface area contributed by atoms with Gasteiger partial charge in [0.2, 0.25) is 0 Å². The summed E-state index contributed by atoms with van der Waals surface area (Å²) in [7, 11) is -1.41. The lowest BCUT2D eigenvalue weighted by Crippen LogP contribution is -2.36. The van der Waals surface area contributed by atoms with Gasteiger partial charge in [-0.15, -0.1) is 0 Å². The third-order valence-corrected chi connectivity index (χ3v) is 4.88. The monoisotopic (exact) mass is 321 g/mol. The Labute approximate surface area is 132 Å². The van der Waals surface area contributed by atoms with E-state index in [1.807, 2.05) is 26.8 Å². The zero-order valence-electron chi connectivity index (χ0n) is 12.9. The van der Waals surface area contributed by atoms with E-state index in [2.05, 4.69) is 4.98 Å². The summed E-state index contributed by atoms with van der Waals surface area (Å²) < 4.78 is 17.9. The first-order chi connectivity index (χ1) is 10.3. The molecule has 0 aromatic carbocycles. The lowest BCUT2D eigenvalue weighted by atomic mass is 10.2. The first-order valence-corrected chi connectivity index (χ1v) is 8.27. The summed E-state index contributed by atoms with van der Waals surface area (Å²) in [6, 6.07) is 5.24. The molecule has 0 N–H and O–H groups in total. The van der Waals surface area contributed by atoms with E-state index in [9.17, 15) is 9.00 Å². The van der Waals surface area contributed by atoms with Crippen molar-refractivity contribution in [1.82, 2.24) is 9.88 Å². The third-order valence-electron chi connectivity index (χ3n) is 3.18. The van der Waals surface area contributed by atoms with Gasteiger partial charge in [0.05, 0.1) is 21.6 Å². The highest BCUT2D eigenvalue weighted by Crippen LogP contribution is 2.22. The van der Waals surface area contributed by atoms with E-state index in [0.717, 1.165) is 0 Å². The van der Waals surface area contributed by atoms with Crippen molar-refractivity contribution < 1.29 is 13.7 Å². The molecule has 22 heavy (non-hydrogen) atoms. The van der Waals surface area contributed by atoms with E-state index >= 15 is 0 Å². The van der Waals surface area contributed by atoms with Gasteiger partial charge in [0.15, 0.2) is 0 Å². The number of hydrogen-bond donors (Lipinski definition) is 0. The van der Waals surface area contributed by atoms with Gasteiger partial charge in [-0.25, -0.2) is 9.78 Å². The van der Waals surface area contributed by atoms with Gasteiger partial charge < -0.3 is 9.64 Å². The second-order valence-corrected chi connectivity index (χ2v) is 7.75. The molecule has 2 atom stereocenters. The summed E-state index contributed by atoms with van der Waals surface area (Å²) >= 11 is 0. The van der Waals surface area contributed by atoms with Gasteiger partial charge in [-0.3, -0.25) is 4.21 Å². The summed E-state index contributed by atoms with van der Waals surface area (Å²) in [6.07, 6.45) is 1.73. The van der Waals surface area contributed by atoms with Crippen molar-refractivity contribution in [2.75, 3.05) is 13.1 Å². The first kappa shape index (κ1) is 16.4. The van der Waals surface area contributed by atoms with Crippen LogP contribution in [-0.2, 0) is 15.5 Å². The lowest BCUT2D eigenvalue weighted by Gasteiger charge is -2.24. The van der Waals surface area contributed by atoms with Crippen LogP contribution in [0.15, 0.2) is 23.4 Å². The molecule has 1 fully saturated rings. The molecule has 2 heterocycles. The Bertz CT molecular complexity index is 634. The van der Waals surface area contributed by atoms with Crippen molar-refractivity contribution in [3.8, 4) is 6.07 Å². The number of nitrogens with zero attached hydrogens (tertiary/aromatic N) is 3. The van der Waals surface area contributed by atoms with Crippen LogP contribution >= 0.6 is 0 Å². The number of aromatic nitrogens is 1. The zero-order chi connectivity index (χ0) is 16.3. The number of ether oxygens (including phenoxy) is 1. The number of hydrogen-bond acceptors (Lipinski definition) is 5. The number of pyridine rings is 1. The molecule has 1 aliphatic rings. The molecule has 1 saturated heterocycles. The number of amides is 1. The van der Waals surface area contributed by atoms with E-state index < -0.39 is 22.5 Å². The van der Waals surface area contributed by atoms with Crippen LogP contribution in [0.1, 0.15) is 32.8 Å². The molecular formula is C15H19N3O3S. The highest BCUT2D eigenvalue weighted by molar-refractivity contribution is 7.85. The van der Waals surface area contributed by atoms with E-state index in [1.54, 1.807) is 17.0 Å². The minimum Gasteiger partial charge on any atom is -0.444 e. The highest BCUT2D eigenvalue weighted by atomic mass is 32.2. The predicted octanol–water partition coefficient (Wildman–Crippen LogP) is 2.07. The molecular weight excluding hydrogens is 302 g/mol. The minimum absolute atomic E-state index is 0.227. The van der Waals surface area contributed by atoms with E-state index in [-0.39, 0.29) is 5.25 Å². The van der Waals surface area contributed by atoms with Crippen LogP contribution in [-0.4, -0.2) is 44.1 Å². The fraction of sp³-hybridized carbons (Fsp3) is 0.533. The van der Waals surface area contributed by atoms with E-state index in [4.69, 9.17) is 10.00 Å². The van der Waals surface area contributed by atoms with Crippen molar-refractivity contribution in [3.63, 3.8) is 0 Å². The number of rotatable bonds is 2. The van der Waals surface area contributed by atoms with Gasteiger partial charge >= 0.3 is 6.09 Å². The van der Waals surface area contributed by atoms with Gasteiger partial charge in [0.25, 0.3) is 0 Å². The van der Waals surface area contributed by atoms with Crippen molar-refractivity contribution in [3.05, 3.63) is 23.9 Å². The largest absolute Gasteiger partial charge is 0.444 e. The van der Waals surface area contributed by atoms with Crippen LogP contribution in [0.5, 0.6) is 0 Å². The van der Waals surface area contributed by atoms with Gasteiger partial charge in [-0.1, -0.05) is 0 Å². The van der Waals surface area contributed by atoms with Gasteiger partial charge in [-0.2, -0.15) is 5.26 Å². The standard InChI is InChI=1S/C15H19N3O3S/c1-15(2,3)21-14(19)18-8-6-12(10-18)22(20)13-11(9-16)5-4-7-17-13/h4-5,7,12H,6,8,10H2,1-3H3/t12-,22?/m0/s1. The summed E-state index contributed by atoms with van der Waals surface area (Å²) in [5.41, 5.74) is -0.236. The topological polar surface area (TPSA) is 83.3 Å². The summed E-state index contributed by atoms with van der Waals surface area (Å²) in [5.74, 6) is 0. The zero-order valence-corrected chi connectivity index (χ0v) is 13.7. The predicted molar refractivity (Wildman–Crippen MR) is 81.6 cm³/mol. The molecule has 118 valence electrons. The Hall–Kier alpha value is -1.94. The molecule has 6 nitrogen and oxygen atoms in total. The molecule has 1 amide bonds. The van der Waals surface area contributed by atoms with Gasteiger partial charge in [0, 0.05) is 19.3 Å². The summed E-state index contributed by atoms with van der Waals surface area (Å²) in [4.78, 5) is 17.6. The van der Waals surface area contributed by atoms with Crippen molar-refractivity contribution in [1.29, 1.82) is 5.26 Å². The minimum atomic E-state index is -1.41. The Morgan fingerprint density at radius 3 is 2.91 bits per heavy atom. The molecule has 0 radical (unpaired) electrons. The molecule has 7 heteroatoms. The van der Waals surface area contributed by atoms with E-state index in [1.165, 1.54) is 6.20 Å². The van der Waals surface area contributed by atoms with Crippen LogP contribution < -0.4 is 0 Å². The summed E-state index contributed by atoms with van der Waals surface area (Å²) in [6.45, 7) is 6.28. The van der Waals surface area contributed by atoms with Gasteiger partial charge in [0.1, 0.15) is 16.7 Å².